The summed E-state index contributed by atoms with van der Waals surface area (Å²) in [6.45, 7) is 14.1. The second-order valence-corrected chi connectivity index (χ2v) is 10.0. The van der Waals surface area contributed by atoms with Crippen molar-refractivity contribution in [2.45, 2.75) is 52.7 Å². The summed E-state index contributed by atoms with van der Waals surface area (Å²) in [4.78, 5) is 0. The van der Waals surface area contributed by atoms with Gasteiger partial charge in [0.25, 0.3) is 0 Å². The quantitative estimate of drug-likeness (QED) is 0.665. The summed E-state index contributed by atoms with van der Waals surface area (Å²) >= 11 is 0. The van der Waals surface area contributed by atoms with Crippen LogP contribution in [-0.2, 0) is 14.6 Å². The minimum atomic E-state index is -3.05. The maximum atomic E-state index is 12.3. The molecule has 122 valence electrons. The number of hydrogen-bond acceptors (Lipinski definition) is 4. The smallest absolute Gasteiger partial charge is 0.155 e. The van der Waals surface area contributed by atoms with Crippen LogP contribution < -0.4 is 5.32 Å². The molecule has 0 aliphatic rings. The second kappa shape index (κ2) is 7.76. The Labute approximate surface area is 125 Å². The van der Waals surface area contributed by atoms with Gasteiger partial charge in [-0.05, 0) is 38.5 Å². The molecule has 0 radical (unpaired) electrons. The van der Waals surface area contributed by atoms with Crippen molar-refractivity contribution in [3.8, 4) is 0 Å². The van der Waals surface area contributed by atoms with Crippen molar-refractivity contribution in [1.29, 1.82) is 0 Å². The van der Waals surface area contributed by atoms with Crippen LogP contribution in [0.5, 0.6) is 0 Å². The monoisotopic (exact) mass is 307 g/mol. The van der Waals surface area contributed by atoms with E-state index in [0.29, 0.717) is 18.9 Å². The van der Waals surface area contributed by atoms with E-state index in [4.69, 9.17) is 4.74 Å². The predicted octanol–water partition coefficient (Wildman–Crippen LogP) is 2.49. The molecule has 1 atom stereocenters. The molecule has 5 heteroatoms. The normalized spacial score (nSPS) is 16.4. The molecule has 0 aromatic heterocycles. The molecule has 0 aromatic rings. The van der Waals surface area contributed by atoms with Crippen molar-refractivity contribution in [2.24, 2.45) is 11.3 Å². The fourth-order valence-corrected chi connectivity index (χ4v) is 3.15. The van der Waals surface area contributed by atoms with Gasteiger partial charge < -0.3 is 10.1 Å². The molecule has 0 aliphatic heterocycles. The van der Waals surface area contributed by atoms with Gasteiger partial charge >= 0.3 is 0 Å². The van der Waals surface area contributed by atoms with E-state index in [2.05, 4.69) is 26.1 Å². The lowest BCUT2D eigenvalue weighted by molar-refractivity contribution is 0.172. The number of nitrogens with one attached hydrogen (secondary N) is 1. The SMILES string of the molecule is COCCNCC(C)(CCS(=O)(=O)C(C)(C)C)C(C)C. The van der Waals surface area contributed by atoms with Crippen LogP contribution in [0.4, 0.5) is 0 Å². The minimum absolute atomic E-state index is 0.0218. The molecule has 0 spiro atoms. The molecular weight excluding hydrogens is 274 g/mol. The molecule has 20 heavy (non-hydrogen) atoms. The van der Waals surface area contributed by atoms with E-state index in [1.165, 1.54) is 0 Å². The molecule has 1 N–H and O–H groups in total. The molecule has 0 aliphatic carbocycles. The van der Waals surface area contributed by atoms with Crippen LogP contribution in [0, 0.1) is 11.3 Å². The van der Waals surface area contributed by atoms with Crippen LogP contribution in [0.25, 0.3) is 0 Å². The van der Waals surface area contributed by atoms with Gasteiger partial charge in [0.15, 0.2) is 9.84 Å². The Kier molecular flexibility index (Phi) is 7.71. The third-order valence-electron chi connectivity index (χ3n) is 4.28. The van der Waals surface area contributed by atoms with Crippen LogP contribution >= 0.6 is 0 Å². The summed E-state index contributed by atoms with van der Waals surface area (Å²) in [7, 11) is -1.37. The molecule has 0 bridgehead atoms. The largest absolute Gasteiger partial charge is 0.383 e. The van der Waals surface area contributed by atoms with E-state index in [9.17, 15) is 8.42 Å². The Morgan fingerprint density at radius 3 is 2.10 bits per heavy atom. The lowest BCUT2D eigenvalue weighted by Crippen LogP contribution is -2.40. The summed E-state index contributed by atoms with van der Waals surface area (Å²) in [5.74, 6) is 0.671. The molecule has 0 saturated carbocycles. The number of sulfone groups is 1. The van der Waals surface area contributed by atoms with Crippen molar-refractivity contribution in [1.82, 2.24) is 5.32 Å². The summed E-state index contributed by atoms with van der Waals surface area (Å²) in [6.07, 6.45) is 0.685. The van der Waals surface area contributed by atoms with Crippen LogP contribution in [0.15, 0.2) is 0 Å². The number of methoxy groups -OCH3 is 1. The Morgan fingerprint density at radius 2 is 1.70 bits per heavy atom. The number of hydrogen-bond donors (Lipinski definition) is 1. The highest BCUT2D eigenvalue weighted by Crippen LogP contribution is 2.32. The zero-order chi connectivity index (χ0) is 16.0. The zero-order valence-corrected chi connectivity index (χ0v) is 15.1. The highest BCUT2D eigenvalue weighted by Gasteiger charge is 2.34. The maximum Gasteiger partial charge on any atom is 0.155 e. The van der Waals surface area contributed by atoms with Gasteiger partial charge in [0.2, 0.25) is 0 Å². The Balaban J connectivity index is 4.63. The maximum absolute atomic E-state index is 12.3. The molecule has 0 rings (SSSR count). The summed E-state index contributed by atoms with van der Waals surface area (Å²) in [6, 6.07) is 0. The number of ether oxygens (including phenoxy) is 1. The number of rotatable bonds is 9. The summed E-state index contributed by atoms with van der Waals surface area (Å²) in [5.41, 5.74) is -0.0218. The molecular formula is C15H33NO3S. The van der Waals surface area contributed by atoms with Crippen molar-refractivity contribution in [2.75, 3.05) is 32.6 Å². The van der Waals surface area contributed by atoms with Crippen molar-refractivity contribution in [3.63, 3.8) is 0 Å². The van der Waals surface area contributed by atoms with E-state index in [1.54, 1.807) is 27.9 Å². The van der Waals surface area contributed by atoms with Crippen LogP contribution in [0.2, 0.25) is 0 Å². The van der Waals surface area contributed by atoms with E-state index in [1.807, 2.05) is 0 Å². The van der Waals surface area contributed by atoms with Crippen LogP contribution in [0.3, 0.4) is 0 Å². The van der Waals surface area contributed by atoms with Crippen molar-refractivity contribution in [3.05, 3.63) is 0 Å². The predicted molar refractivity (Wildman–Crippen MR) is 85.8 cm³/mol. The van der Waals surface area contributed by atoms with E-state index >= 15 is 0 Å². The first kappa shape index (κ1) is 19.9. The van der Waals surface area contributed by atoms with Gasteiger partial charge in [-0.15, -0.1) is 0 Å². The molecule has 0 heterocycles. The Hall–Kier alpha value is -0.130. The summed E-state index contributed by atoms with van der Waals surface area (Å²) < 4.78 is 28.9. The van der Waals surface area contributed by atoms with Gasteiger partial charge in [-0.1, -0.05) is 20.8 Å². The fraction of sp³-hybridized carbons (Fsp3) is 1.00. The van der Waals surface area contributed by atoms with Gasteiger partial charge in [-0.3, -0.25) is 0 Å². The zero-order valence-electron chi connectivity index (χ0n) is 14.2. The first-order valence-electron chi connectivity index (χ1n) is 7.38. The van der Waals surface area contributed by atoms with Gasteiger partial charge in [0.05, 0.1) is 17.1 Å². The van der Waals surface area contributed by atoms with Gasteiger partial charge in [0.1, 0.15) is 0 Å². The van der Waals surface area contributed by atoms with Crippen molar-refractivity contribution < 1.29 is 13.2 Å². The van der Waals surface area contributed by atoms with Gasteiger partial charge in [0, 0.05) is 20.2 Å². The van der Waals surface area contributed by atoms with Crippen LogP contribution in [-0.4, -0.2) is 45.7 Å². The van der Waals surface area contributed by atoms with Crippen LogP contribution in [0.1, 0.15) is 48.0 Å². The molecule has 0 fully saturated rings. The standard InChI is InChI=1S/C15H33NO3S/c1-13(2)15(6,12-16-9-10-19-7)8-11-20(17,18)14(3,4)5/h13,16H,8-12H2,1-7H3. The van der Waals surface area contributed by atoms with Crippen molar-refractivity contribution >= 4 is 9.84 Å². The molecule has 0 aromatic carbocycles. The lowest BCUT2D eigenvalue weighted by Gasteiger charge is -2.35. The topological polar surface area (TPSA) is 55.4 Å². The average Bonchev–Trinajstić information content (AvgIpc) is 2.30. The van der Waals surface area contributed by atoms with Gasteiger partial charge in [-0.25, -0.2) is 8.42 Å². The van der Waals surface area contributed by atoms with E-state index in [0.717, 1.165) is 13.1 Å². The lowest BCUT2D eigenvalue weighted by atomic mass is 9.77. The molecule has 4 nitrogen and oxygen atoms in total. The van der Waals surface area contributed by atoms with E-state index < -0.39 is 14.6 Å². The molecule has 1 unspecified atom stereocenters. The first-order chi connectivity index (χ1) is 8.96. The average molecular weight is 308 g/mol. The fourth-order valence-electron chi connectivity index (χ4n) is 1.80. The Bertz CT molecular complexity index is 371. The third kappa shape index (κ3) is 6.10. The third-order valence-corrected chi connectivity index (χ3v) is 6.89. The summed E-state index contributed by atoms with van der Waals surface area (Å²) in [5, 5.41) is 3.36. The minimum Gasteiger partial charge on any atom is -0.383 e. The Morgan fingerprint density at radius 1 is 1.15 bits per heavy atom. The highest BCUT2D eigenvalue weighted by atomic mass is 32.2. The van der Waals surface area contributed by atoms with Gasteiger partial charge in [-0.2, -0.15) is 0 Å². The van der Waals surface area contributed by atoms with E-state index in [-0.39, 0.29) is 11.2 Å². The molecule has 0 saturated heterocycles. The molecule has 0 amide bonds. The highest BCUT2D eigenvalue weighted by molar-refractivity contribution is 7.92. The first-order valence-corrected chi connectivity index (χ1v) is 9.03. The second-order valence-electron chi connectivity index (χ2n) is 7.16.